The fraction of sp³-hybridized carbons (Fsp3) is 0.364. The minimum Gasteiger partial charge on any atom is -0.493 e. The van der Waals surface area contributed by atoms with Crippen LogP contribution in [0.3, 0.4) is 0 Å². The second kappa shape index (κ2) is 9.93. The van der Waals surface area contributed by atoms with Crippen molar-refractivity contribution in [3.05, 3.63) is 59.7 Å². The number of methoxy groups -OCH3 is 1. The second-order valence-electron chi connectivity index (χ2n) is 6.43. The fourth-order valence-corrected chi connectivity index (χ4v) is 3.08. The third-order valence-electron chi connectivity index (χ3n) is 4.57. The van der Waals surface area contributed by atoms with Crippen LogP contribution in [0.25, 0.3) is 0 Å². The van der Waals surface area contributed by atoms with Crippen molar-refractivity contribution < 1.29 is 28.5 Å². The molecular formula is C22H25NO6. The van der Waals surface area contributed by atoms with Crippen molar-refractivity contribution in [1.82, 2.24) is 4.90 Å². The van der Waals surface area contributed by atoms with Gasteiger partial charge in [-0.25, -0.2) is 4.79 Å². The van der Waals surface area contributed by atoms with Crippen LogP contribution in [0.1, 0.15) is 28.9 Å². The molecule has 1 heterocycles. The summed E-state index contributed by atoms with van der Waals surface area (Å²) in [7, 11) is 1.50. The van der Waals surface area contributed by atoms with Crippen molar-refractivity contribution >= 4 is 11.9 Å². The number of morpholine rings is 1. The number of nitrogens with zero attached hydrogens (tertiary/aromatic N) is 1. The van der Waals surface area contributed by atoms with E-state index in [1.165, 1.54) is 7.11 Å². The van der Waals surface area contributed by atoms with Gasteiger partial charge in [0.2, 0.25) is 6.10 Å². The molecule has 0 spiro atoms. The Labute approximate surface area is 170 Å². The van der Waals surface area contributed by atoms with Crippen LogP contribution < -0.4 is 9.47 Å². The lowest BCUT2D eigenvalue weighted by Gasteiger charge is -2.30. The van der Waals surface area contributed by atoms with Gasteiger partial charge in [0.25, 0.3) is 5.91 Å². The van der Waals surface area contributed by atoms with Gasteiger partial charge in [-0.15, -0.1) is 0 Å². The number of benzene rings is 2. The normalized spacial score (nSPS) is 14.8. The molecule has 1 saturated heterocycles. The largest absolute Gasteiger partial charge is 0.493 e. The summed E-state index contributed by atoms with van der Waals surface area (Å²) in [5, 5.41) is 0. The quantitative estimate of drug-likeness (QED) is 0.667. The van der Waals surface area contributed by atoms with Crippen molar-refractivity contribution in [3.8, 4) is 11.5 Å². The number of carbonyl (C=O) groups is 2. The van der Waals surface area contributed by atoms with Crippen molar-refractivity contribution in [2.75, 3.05) is 40.0 Å². The Balaban J connectivity index is 1.83. The lowest BCUT2D eigenvalue weighted by Crippen LogP contribution is -2.44. The van der Waals surface area contributed by atoms with E-state index in [1.807, 2.05) is 25.1 Å². The Hall–Kier alpha value is -3.06. The van der Waals surface area contributed by atoms with Crippen molar-refractivity contribution in [2.45, 2.75) is 13.0 Å². The van der Waals surface area contributed by atoms with Crippen LogP contribution >= 0.6 is 0 Å². The first-order valence-corrected chi connectivity index (χ1v) is 9.57. The molecule has 1 aliphatic rings. The number of esters is 1. The van der Waals surface area contributed by atoms with E-state index in [9.17, 15) is 9.59 Å². The summed E-state index contributed by atoms with van der Waals surface area (Å²) < 4.78 is 21.8. The predicted molar refractivity (Wildman–Crippen MR) is 106 cm³/mol. The SMILES string of the molecule is CCOc1ccc(C(=O)O[C@H](C(=O)N2CCOCC2)c2ccccc2)cc1OC. The Bertz CT molecular complexity index is 832. The molecule has 1 atom stereocenters. The summed E-state index contributed by atoms with van der Waals surface area (Å²) in [4.78, 5) is 27.6. The highest BCUT2D eigenvalue weighted by atomic mass is 16.5. The number of amides is 1. The zero-order valence-corrected chi connectivity index (χ0v) is 16.6. The van der Waals surface area contributed by atoms with E-state index in [4.69, 9.17) is 18.9 Å². The summed E-state index contributed by atoms with van der Waals surface area (Å²) in [5.74, 6) is 0.0974. The first-order chi connectivity index (χ1) is 14.1. The number of hydrogen-bond donors (Lipinski definition) is 0. The monoisotopic (exact) mass is 399 g/mol. The molecule has 7 nitrogen and oxygen atoms in total. The predicted octanol–water partition coefficient (Wildman–Crippen LogP) is 2.85. The summed E-state index contributed by atoms with van der Waals surface area (Å²) in [5.41, 5.74) is 0.899. The van der Waals surface area contributed by atoms with Crippen molar-refractivity contribution in [2.24, 2.45) is 0 Å². The average molecular weight is 399 g/mol. The topological polar surface area (TPSA) is 74.3 Å². The molecule has 0 unspecified atom stereocenters. The van der Waals surface area contributed by atoms with Gasteiger partial charge in [-0.05, 0) is 25.1 Å². The molecule has 3 rings (SSSR count). The van der Waals surface area contributed by atoms with Gasteiger partial charge in [-0.2, -0.15) is 0 Å². The van der Waals surface area contributed by atoms with Crippen LogP contribution in [0.4, 0.5) is 0 Å². The lowest BCUT2D eigenvalue weighted by molar-refractivity contribution is -0.145. The molecule has 1 aliphatic heterocycles. The number of ether oxygens (including phenoxy) is 4. The van der Waals surface area contributed by atoms with E-state index in [2.05, 4.69) is 0 Å². The third-order valence-corrected chi connectivity index (χ3v) is 4.57. The summed E-state index contributed by atoms with van der Waals surface area (Å²) in [6.45, 7) is 4.22. The molecule has 2 aromatic carbocycles. The molecule has 0 N–H and O–H groups in total. The molecule has 0 aliphatic carbocycles. The maximum atomic E-state index is 13.1. The van der Waals surface area contributed by atoms with Gasteiger partial charge in [0.1, 0.15) is 0 Å². The Kier molecular flexibility index (Phi) is 7.08. The van der Waals surface area contributed by atoms with E-state index in [0.717, 1.165) is 0 Å². The fourth-order valence-electron chi connectivity index (χ4n) is 3.08. The van der Waals surface area contributed by atoms with E-state index in [0.29, 0.717) is 50.0 Å². The van der Waals surface area contributed by atoms with Crippen molar-refractivity contribution in [1.29, 1.82) is 0 Å². The van der Waals surface area contributed by atoms with Crippen molar-refractivity contribution in [3.63, 3.8) is 0 Å². The highest BCUT2D eigenvalue weighted by Crippen LogP contribution is 2.29. The second-order valence-corrected chi connectivity index (χ2v) is 6.43. The Morgan fingerprint density at radius 3 is 2.45 bits per heavy atom. The van der Waals surface area contributed by atoms with Gasteiger partial charge in [0.05, 0.1) is 32.5 Å². The minimum atomic E-state index is -1.03. The van der Waals surface area contributed by atoms with Crippen LogP contribution in [0.15, 0.2) is 48.5 Å². The zero-order valence-electron chi connectivity index (χ0n) is 16.6. The van der Waals surface area contributed by atoms with Gasteiger partial charge >= 0.3 is 5.97 Å². The number of carbonyl (C=O) groups excluding carboxylic acids is 2. The lowest BCUT2D eigenvalue weighted by atomic mass is 10.1. The molecule has 1 amide bonds. The molecule has 29 heavy (non-hydrogen) atoms. The Morgan fingerprint density at radius 1 is 1.07 bits per heavy atom. The molecule has 0 bridgehead atoms. The molecular weight excluding hydrogens is 374 g/mol. The van der Waals surface area contributed by atoms with E-state index in [-0.39, 0.29) is 11.5 Å². The highest BCUT2D eigenvalue weighted by Gasteiger charge is 2.31. The minimum absolute atomic E-state index is 0.259. The maximum absolute atomic E-state index is 13.1. The summed E-state index contributed by atoms with van der Waals surface area (Å²) in [6.07, 6.45) is -1.03. The van der Waals surface area contributed by atoms with Gasteiger partial charge < -0.3 is 23.8 Å². The van der Waals surface area contributed by atoms with Crippen LogP contribution in [-0.4, -0.2) is 56.8 Å². The maximum Gasteiger partial charge on any atom is 0.339 e. The van der Waals surface area contributed by atoms with Gasteiger partial charge in [0, 0.05) is 18.7 Å². The van der Waals surface area contributed by atoms with Crippen LogP contribution in [0.5, 0.6) is 11.5 Å². The Morgan fingerprint density at radius 2 is 1.79 bits per heavy atom. The zero-order chi connectivity index (χ0) is 20.6. The van der Waals surface area contributed by atoms with Gasteiger partial charge in [-0.1, -0.05) is 30.3 Å². The molecule has 1 fully saturated rings. The van der Waals surface area contributed by atoms with E-state index in [1.54, 1.807) is 35.2 Å². The van der Waals surface area contributed by atoms with E-state index < -0.39 is 12.1 Å². The van der Waals surface area contributed by atoms with Crippen LogP contribution in [0, 0.1) is 0 Å². The molecule has 0 saturated carbocycles. The van der Waals surface area contributed by atoms with Crippen LogP contribution in [0.2, 0.25) is 0 Å². The summed E-state index contributed by atoms with van der Waals surface area (Å²) in [6, 6.07) is 13.8. The first-order valence-electron chi connectivity index (χ1n) is 9.57. The van der Waals surface area contributed by atoms with E-state index >= 15 is 0 Å². The smallest absolute Gasteiger partial charge is 0.339 e. The molecule has 0 aromatic heterocycles. The van der Waals surface area contributed by atoms with Gasteiger partial charge in [-0.3, -0.25) is 4.79 Å². The molecule has 2 aromatic rings. The molecule has 0 radical (unpaired) electrons. The van der Waals surface area contributed by atoms with Crippen LogP contribution in [-0.2, 0) is 14.3 Å². The average Bonchev–Trinajstić information content (AvgIpc) is 2.78. The molecule has 7 heteroatoms. The third kappa shape index (κ3) is 5.06. The number of hydrogen-bond acceptors (Lipinski definition) is 6. The summed E-state index contributed by atoms with van der Waals surface area (Å²) >= 11 is 0. The number of rotatable bonds is 7. The van der Waals surface area contributed by atoms with Gasteiger partial charge in [0.15, 0.2) is 11.5 Å². The molecule has 154 valence electrons. The standard InChI is InChI=1S/C22H25NO6/c1-3-28-18-10-9-17(15-19(18)26-2)22(25)29-20(16-7-5-4-6-8-16)21(24)23-11-13-27-14-12-23/h4-10,15,20H,3,11-14H2,1-2H3/t20-/m0/s1. The first kappa shape index (κ1) is 20.7. The highest BCUT2D eigenvalue weighted by molar-refractivity contribution is 5.93.